The summed E-state index contributed by atoms with van der Waals surface area (Å²) in [6, 6.07) is 5.92. The topological polar surface area (TPSA) is 68.8 Å². The number of hydrogen-bond acceptors (Lipinski definition) is 4. The number of nitrogens with one attached hydrogen (secondary N) is 1. The zero-order valence-corrected chi connectivity index (χ0v) is 10.7. The van der Waals surface area contributed by atoms with E-state index in [1.165, 1.54) is 0 Å². The van der Waals surface area contributed by atoms with Crippen LogP contribution in [0.25, 0.3) is 10.8 Å². The molecular weight excluding hydrogens is 238 g/mol. The van der Waals surface area contributed by atoms with E-state index in [0.717, 1.165) is 28.0 Å². The molecule has 0 amide bonds. The molecule has 5 nitrogen and oxygen atoms in total. The molecule has 1 aromatic carbocycles. The molecule has 0 aliphatic carbocycles. The van der Waals surface area contributed by atoms with Crippen molar-refractivity contribution in [2.75, 3.05) is 11.1 Å². The average Bonchev–Trinajstić information content (AvgIpc) is 2.84. The molecule has 3 aromatic rings. The third kappa shape index (κ3) is 2.10. The van der Waals surface area contributed by atoms with Crippen LogP contribution in [0.15, 0.2) is 43.0 Å². The number of anilines is 2. The molecule has 3 rings (SSSR count). The molecule has 2 heterocycles. The maximum atomic E-state index is 6.18. The van der Waals surface area contributed by atoms with Crippen molar-refractivity contribution in [2.24, 2.45) is 7.05 Å². The van der Waals surface area contributed by atoms with E-state index in [-0.39, 0.29) is 0 Å². The number of nitrogen functional groups attached to an aromatic ring is 1. The Morgan fingerprint density at radius 2 is 2.16 bits per heavy atom. The first-order valence-corrected chi connectivity index (χ1v) is 6.08. The third-order valence-electron chi connectivity index (χ3n) is 3.22. The van der Waals surface area contributed by atoms with Gasteiger partial charge in [-0.1, -0.05) is 6.07 Å². The summed E-state index contributed by atoms with van der Waals surface area (Å²) in [4.78, 5) is 8.37. The number of hydrogen-bond donors (Lipinski definition) is 2. The maximum Gasteiger partial charge on any atom is 0.127 e. The molecule has 0 aliphatic heterocycles. The summed E-state index contributed by atoms with van der Waals surface area (Å²) in [6.07, 6.45) is 7.27. The molecule has 0 fully saturated rings. The Hall–Kier alpha value is -2.56. The molecule has 2 aromatic heterocycles. The highest BCUT2D eigenvalue weighted by Gasteiger charge is 2.05. The number of imidazole rings is 1. The van der Waals surface area contributed by atoms with Gasteiger partial charge in [-0.25, -0.2) is 4.98 Å². The molecule has 0 atom stereocenters. The minimum absolute atomic E-state index is 0.643. The average molecular weight is 253 g/mol. The van der Waals surface area contributed by atoms with E-state index in [4.69, 9.17) is 5.73 Å². The smallest absolute Gasteiger partial charge is 0.127 e. The van der Waals surface area contributed by atoms with Gasteiger partial charge in [-0.3, -0.25) is 4.98 Å². The van der Waals surface area contributed by atoms with Crippen LogP contribution in [0.2, 0.25) is 0 Å². The Kier molecular flexibility index (Phi) is 2.79. The molecule has 0 spiro atoms. The molecule has 0 bridgehead atoms. The fourth-order valence-corrected chi connectivity index (χ4v) is 2.09. The number of rotatable bonds is 3. The zero-order chi connectivity index (χ0) is 13.2. The van der Waals surface area contributed by atoms with Crippen molar-refractivity contribution in [3.63, 3.8) is 0 Å². The van der Waals surface area contributed by atoms with Gasteiger partial charge >= 0.3 is 0 Å². The van der Waals surface area contributed by atoms with Crippen LogP contribution in [-0.4, -0.2) is 14.5 Å². The van der Waals surface area contributed by atoms with Gasteiger partial charge in [0.2, 0.25) is 0 Å². The summed E-state index contributed by atoms with van der Waals surface area (Å²) in [5.74, 6) is 0.967. The minimum atomic E-state index is 0.643. The summed E-state index contributed by atoms with van der Waals surface area (Å²) < 4.78 is 1.98. The number of aromatic nitrogens is 3. The first kappa shape index (κ1) is 11.5. The van der Waals surface area contributed by atoms with Gasteiger partial charge < -0.3 is 15.6 Å². The quantitative estimate of drug-likeness (QED) is 0.702. The highest BCUT2D eigenvalue weighted by atomic mass is 15.1. The Bertz CT molecular complexity index is 717. The summed E-state index contributed by atoms with van der Waals surface area (Å²) in [6.45, 7) is 0.643. The van der Waals surface area contributed by atoms with Crippen molar-refractivity contribution < 1.29 is 0 Å². The van der Waals surface area contributed by atoms with Crippen molar-refractivity contribution >= 4 is 22.1 Å². The van der Waals surface area contributed by atoms with Gasteiger partial charge in [-0.15, -0.1) is 0 Å². The Morgan fingerprint density at radius 3 is 2.95 bits per heavy atom. The van der Waals surface area contributed by atoms with E-state index in [9.17, 15) is 0 Å². The lowest BCUT2D eigenvalue weighted by Gasteiger charge is -2.11. The van der Waals surface area contributed by atoms with Crippen LogP contribution < -0.4 is 11.1 Å². The van der Waals surface area contributed by atoms with Crippen LogP contribution in [0.4, 0.5) is 11.4 Å². The second-order valence-electron chi connectivity index (χ2n) is 4.43. The molecule has 3 N–H and O–H groups in total. The highest BCUT2D eigenvalue weighted by Crippen LogP contribution is 2.28. The molecule has 19 heavy (non-hydrogen) atoms. The predicted molar refractivity (Wildman–Crippen MR) is 76.7 cm³/mol. The van der Waals surface area contributed by atoms with E-state index in [2.05, 4.69) is 15.3 Å². The molecule has 0 aliphatic rings. The molecule has 0 radical (unpaired) electrons. The third-order valence-corrected chi connectivity index (χ3v) is 3.22. The number of benzene rings is 1. The number of pyridine rings is 1. The van der Waals surface area contributed by atoms with Crippen LogP contribution in [0.5, 0.6) is 0 Å². The predicted octanol–water partition coefficient (Wildman–Crippen LogP) is 2.16. The van der Waals surface area contributed by atoms with Crippen LogP contribution in [0.1, 0.15) is 5.82 Å². The van der Waals surface area contributed by atoms with E-state index in [0.29, 0.717) is 6.54 Å². The van der Waals surface area contributed by atoms with Crippen molar-refractivity contribution in [3.05, 3.63) is 48.8 Å². The summed E-state index contributed by atoms with van der Waals surface area (Å²) in [7, 11) is 1.97. The number of nitrogens with zero attached hydrogens (tertiary/aromatic N) is 3. The summed E-state index contributed by atoms with van der Waals surface area (Å²) in [5, 5.41) is 5.38. The Balaban J connectivity index is 1.89. The lowest BCUT2D eigenvalue weighted by Crippen LogP contribution is -2.07. The first-order valence-electron chi connectivity index (χ1n) is 6.08. The number of aryl methyl sites for hydroxylation is 1. The van der Waals surface area contributed by atoms with E-state index in [1.807, 2.05) is 42.2 Å². The fourth-order valence-electron chi connectivity index (χ4n) is 2.09. The van der Waals surface area contributed by atoms with Gasteiger partial charge in [0, 0.05) is 42.6 Å². The van der Waals surface area contributed by atoms with Crippen LogP contribution in [0, 0.1) is 0 Å². The van der Waals surface area contributed by atoms with E-state index in [1.54, 1.807) is 12.4 Å². The normalized spacial score (nSPS) is 10.8. The molecular formula is C14H15N5. The lowest BCUT2D eigenvalue weighted by atomic mass is 10.1. The van der Waals surface area contributed by atoms with Gasteiger partial charge in [0.1, 0.15) is 5.82 Å². The highest BCUT2D eigenvalue weighted by molar-refractivity contribution is 5.98. The van der Waals surface area contributed by atoms with Gasteiger partial charge in [-0.05, 0) is 12.1 Å². The first-order chi connectivity index (χ1) is 9.25. The number of nitrogens with two attached hydrogens (primary N) is 1. The molecule has 5 heteroatoms. The monoisotopic (exact) mass is 253 g/mol. The standard InChI is InChI=1S/C14H15N5/c1-19-7-6-17-13(19)9-18-12-3-2-10-8-16-5-4-11(10)14(12)15/h2-8,18H,9,15H2,1H3. The lowest BCUT2D eigenvalue weighted by molar-refractivity contribution is 0.813. The summed E-state index contributed by atoms with van der Waals surface area (Å²) in [5.41, 5.74) is 7.84. The van der Waals surface area contributed by atoms with Gasteiger partial charge in [0.05, 0.1) is 17.9 Å². The number of fused-ring (bicyclic) bond motifs is 1. The Labute approximate surface area is 111 Å². The van der Waals surface area contributed by atoms with E-state index < -0.39 is 0 Å². The molecule has 96 valence electrons. The van der Waals surface area contributed by atoms with Crippen LogP contribution >= 0.6 is 0 Å². The van der Waals surface area contributed by atoms with Crippen molar-refractivity contribution in [1.82, 2.24) is 14.5 Å². The molecule has 0 unspecified atom stereocenters. The van der Waals surface area contributed by atoms with Crippen molar-refractivity contribution in [3.8, 4) is 0 Å². The maximum absolute atomic E-state index is 6.18. The van der Waals surface area contributed by atoms with Crippen LogP contribution in [-0.2, 0) is 13.6 Å². The van der Waals surface area contributed by atoms with Gasteiger partial charge in [0.25, 0.3) is 0 Å². The van der Waals surface area contributed by atoms with Crippen molar-refractivity contribution in [2.45, 2.75) is 6.54 Å². The Morgan fingerprint density at radius 1 is 1.26 bits per heavy atom. The molecule has 0 saturated heterocycles. The minimum Gasteiger partial charge on any atom is -0.397 e. The second kappa shape index (κ2) is 4.61. The molecule has 0 saturated carbocycles. The van der Waals surface area contributed by atoms with Crippen LogP contribution in [0.3, 0.4) is 0 Å². The second-order valence-corrected chi connectivity index (χ2v) is 4.43. The van der Waals surface area contributed by atoms with Gasteiger partial charge in [0.15, 0.2) is 0 Å². The van der Waals surface area contributed by atoms with E-state index >= 15 is 0 Å². The zero-order valence-electron chi connectivity index (χ0n) is 10.7. The SMILES string of the molecule is Cn1ccnc1CNc1ccc2cnccc2c1N. The van der Waals surface area contributed by atoms with Crippen molar-refractivity contribution in [1.29, 1.82) is 0 Å². The summed E-state index contributed by atoms with van der Waals surface area (Å²) >= 11 is 0. The largest absolute Gasteiger partial charge is 0.397 e. The fraction of sp³-hybridized carbons (Fsp3) is 0.143. The van der Waals surface area contributed by atoms with Gasteiger partial charge in [-0.2, -0.15) is 0 Å².